The van der Waals surface area contributed by atoms with Crippen LogP contribution in [-0.4, -0.2) is 24.4 Å². The molecule has 0 bridgehead atoms. The quantitative estimate of drug-likeness (QED) is 0.612. The number of nitrogens with zero attached hydrogens (tertiary/aromatic N) is 2. The van der Waals surface area contributed by atoms with Crippen molar-refractivity contribution in [1.82, 2.24) is 0 Å². The molecule has 0 fully saturated rings. The molecule has 0 aromatic heterocycles. The van der Waals surface area contributed by atoms with E-state index in [1.165, 1.54) is 0 Å². The minimum atomic E-state index is -0.912. The minimum absolute atomic E-state index is 0.187. The SMILES string of the molecule is CCOC(=O)N=NC(=O)OC(C)(C)C. The average molecular weight is 202 g/mol. The van der Waals surface area contributed by atoms with Crippen LogP contribution in [-0.2, 0) is 9.47 Å². The number of rotatable bonds is 1. The van der Waals surface area contributed by atoms with Gasteiger partial charge in [0, 0.05) is 0 Å². The van der Waals surface area contributed by atoms with Gasteiger partial charge in [-0.05, 0) is 27.7 Å². The van der Waals surface area contributed by atoms with Crippen LogP contribution in [0.1, 0.15) is 27.7 Å². The Morgan fingerprint density at radius 3 is 2.07 bits per heavy atom. The van der Waals surface area contributed by atoms with Crippen molar-refractivity contribution in [3.05, 3.63) is 0 Å². The van der Waals surface area contributed by atoms with E-state index in [1.807, 2.05) is 0 Å². The van der Waals surface area contributed by atoms with Gasteiger partial charge in [-0.15, -0.1) is 0 Å². The Labute approximate surface area is 82.3 Å². The van der Waals surface area contributed by atoms with Crippen molar-refractivity contribution in [2.45, 2.75) is 33.3 Å². The van der Waals surface area contributed by atoms with E-state index in [-0.39, 0.29) is 6.61 Å². The molecule has 0 unspecified atom stereocenters. The zero-order chi connectivity index (χ0) is 11.2. The first kappa shape index (κ1) is 12.5. The average Bonchev–Trinajstić information content (AvgIpc) is 1.98. The fraction of sp³-hybridized carbons (Fsp3) is 0.750. The highest BCUT2D eigenvalue weighted by molar-refractivity contribution is 5.73. The van der Waals surface area contributed by atoms with E-state index in [1.54, 1.807) is 27.7 Å². The molecule has 2 amide bonds. The van der Waals surface area contributed by atoms with Crippen molar-refractivity contribution < 1.29 is 19.1 Å². The molecule has 14 heavy (non-hydrogen) atoms. The monoisotopic (exact) mass is 202 g/mol. The number of azo groups is 1. The molecule has 0 heterocycles. The van der Waals surface area contributed by atoms with E-state index in [2.05, 4.69) is 15.0 Å². The summed E-state index contributed by atoms with van der Waals surface area (Å²) < 4.78 is 9.17. The Hall–Kier alpha value is -1.46. The zero-order valence-electron chi connectivity index (χ0n) is 8.73. The predicted octanol–water partition coefficient (Wildman–Crippen LogP) is 2.53. The van der Waals surface area contributed by atoms with Crippen LogP contribution in [0.5, 0.6) is 0 Å². The van der Waals surface area contributed by atoms with Gasteiger partial charge in [0.05, 0.1) is 6.61 Å². The topological polar surface area (TPSA) is 77.3 Å². The molecule has 0 N–H and O–H groups in total. The van der Waals surface area contributed by atoms with Crippen molar-refractivity contribution in [1.29, 1.82) is 0 Å². The molecule has 0 aromatic carbocycles. The second-order valence-electron chi connectivity index (χ2n) is 3.38. The maximum atomic E-state index is 10.9. The van der Waals surface area contributed by atoms with Gasteiger partial charge in [-0.2, -0.15) is 0 Å². The van der Waals surface area contributed by atoms with Crippen molar-refractivity contribution in [2.75, 3.05) is 6.61 Å². The second-order valence-corrected chi connectivity index (χ2v) is 3.38. The Morgan fingerprint density at radius 1 is 1.14 bits per heavy atom. The Kier molecular flexibility index (Phi) is 4.76. The van der Waals surface area contributed by atoms with E-state index in [4.69, 9.17) is 4.74 Å². The van der Waals surface area contributed by atoms with Gasteiger partial charge in [-0.3, -0.25) is 0 Å². The van der Waals surface area contributed by atoms with Gasteiger partial charge in [0.1, 0.15) is 5.60 Å². The number of hydrogen-bond donors (Lipinski definition) is 0. The molecule has 0 aromatic rings. The van der Waals surface area contributed by atoms with Gasteiger partial charge in [-0.25, -0.2) is 9.59 Å². The maximum absolute atomic E-state index is 10.9. The first-order valence-corrected chi connectivity index (χ1v) is 4.16. The summed E-state index contributed by atoms with van der Waals surface area (Å²) in [5, 5.41) is 6.00. The predicted molar refractivity (Wildman–Crippen MR) is 48.1 cm³/mol. The molecule has 0 atom stereocenters. The fourth-order valence-electron chi connectivity index (χ4n) is 0.516. The summed E-state index contributed by atoms with van der Waals surface area (Å²) in [6.07, 6.45) is -1.82. The molecule has 6 heteroatoms. The summed E-state index contributed by atoms with van der Waals surface area (Å²) in [6.45, 7) is 6.87. The number of carbonyl (C=O) groups is 2. The standard InChI is InChI=1S/C8H14N2O4/c1-5-13-6(11)9-10-7(12)14-8(2,3)4/h5H2,1-4H3. The maximum Gasteiger partial charge on any atom is 0.453 e. The molecule has 0 aliphatic rings. The van der Waals surface area contributed by atoms with Crippen LogP contribution in [0.4, 0.5) is 9.59 Å². The van der Waals surface area contributed by atoms with Gasteiger partial charge in [-0.1, -0.05) is 10.2 Å². The molecule has 0 radical (unpaired) electrons. The smallest absolute Gasteiger partial charge is 0.447 e. The molecule has 80 valence electrons. The Bertz CT molecular complexity index is 242. The summed E-state index contributed by atoms with van der Waals surface area (Å²) in [5.74, 6) is 0. The fourth-order valence-corrected chi connectivity index (χ4v) is 0.516. The van der Waals surface area contributed by atoms with Crippen LogP contribution >= 0.6 is 0 Å². The molecular weight excluding hydrogens is 188 g/mol. The lowest BCUT2D eigenvalue weighted by Gasteiger charge is -2.16. The summed E-state index contributed by atoms with van der Waals surface area (Å²) in [7, 11) is 0. The number of ether oxygens (including phenoxy) is 2. The van der Waals surface area contributed by atoms with E-state index in [9.17, 15) is 9.59 Å². The van der Waals surface area contributed by atoms with Gasteiger partial charge < -0.3 is 9.47 Å². The van der Waals surface area contributed by atoms with Crippen molar-refractivity contribution in [2.24, 2.45) is 10.2 Å². The number of hydrogen-bond acceptors (Lipinski definition) is 4. The van der Waals surface area contributed by atoms with Gasteiger partial charge in [0.25, 0.3) is 0 Å². The lowest BCUT2D eigenvalue weighted by atomic mass is 10.2. The highest BCUT2D eigenvalue weighted by Crippen LogP contribution is 2.08. The van der Waals surface area contributed by atoms with Gasteiger partial charge >= 0.3 is 12.2 Å². The lowest BCUT2D eigenvalue weighted by molar-refractivity contribution is 0.0586. The third-order valence-corrected chi connectivity index (χ3v) is 0.875. The van der Waals surface area contributed by atoms with Crippen LogP contribution in [0.25, 0.3) is 0 Å². The first-order valence-electron chi connectivity index (χ1n) is 4.16. The largest absolute Gasteiger partial charge is 0.453 e. The van der Waals surface area contributed by atoms with E-state index < -0.39 is 17.8 Å². The summed E-state index contributed by atoms with van der Waals surface area (Å²) in [5.41, 5.74) is -0.648. The first-order chi connectivity index (χ1) is 6.35. The van der Waals surface area contributed by atoms with Gasteiger partial charge in [0.15, 0.2) is 0 Å². The zero-order valence-corrected chi connectivity index (χ0v) is 8.73. The molecule has 0 spiro atoms. The van der Waals surface area contributed by atoms with E-state index >= 15 is 0 Å². The number of carbonyl (C=O) groups excluding carboxylic acids is 2. The molecule has 0 saturated carbocycles. The van der Waals surface area contributed by atoms with Crippen molar-refractivity contribution in [3.8, 4) is 0 Å². The second kappa shape index (κ2) is 5.31. The van der Waals surface area contributed by atoms with Crippen LogP contribution in [0.2, 0.25) is 0 Å². The molecular formula is C8H14N2O4. The van der Waals surface area contributed by atoms with Crippen LogP contribution in [0.15, 0.2) is 10.2 Å². The molecule has 0 aliphatic heterocycles. The van der Waals surface area contributed by atoms with Crippen molar-refractivity contribution in [3.63, 3.8) is 0 Å². The third-order valence-electron chi connectivity index (χ3n) is 0.875. The van der Waals surface area contributed by atoms with E-state index in [0.717, 1.165) is 0 Å². The summed E-state index contributed by atoms with van der Waals surface area (Å²) in [6, 6.07) is 0. The number of amides is 2. The molecule has 6 nitrogen and oxygen atoms in total. The molecule has 0 rings (SSSR count). The van der Waals surface area contributed by atoms with E-state index in [0.29, 0.717) is 0 Å². The Morgan fingerprint density at radius 2 is 1.64 bits per heavy atom. The molecule has 0 aliphatic carbocycles. The summed E-state index contributed by atoms with van der Waals surface area (Å²) in [4.78, 5) is 21.5. The highest BCUT2D eigenvalue weighted by Gasteiger charge is 2.15. The van der Waals surface area contributed by atoms with Crippen LogP contribution in [0.3, 0.4) is 0 Å². The normalized spacial score (nSPS) is 11.4. The lowest BCUT2D eigenvalue weighted by Crippen LogP contribution is -2.21. The summed E-state index contributed by atoms with van der Waals surface area (Å²) >= 11 is 0. The molecule has 0 saturated heterocycles. The van der Waals surface area contributed by atoms with Crippen LogP contribution < -0.4 is 0 Å². The third kappa shape index (κ3) is 7.20. The minimum Gasteiger partial charge on any atom is -0.447 e. The van der Waals surface area contributed by atoms with Crippen molar-refractivity contribution >= 4 is 12.2 Å². The van der Waals surface area contributed by atoms with Crippen LogP contribution in [0, 0.1) is 0 Å². The Balaban J connectivity index is 4.00. The van der Waals surface area contributed by atoms with Gasteiger partial charge in [0.2, 0.25) is 0 Å². The highest BCUT2D eigenvalue weighted by atomic mass is 16.6.